The first kappa shape index (κ1) is 17.0. The second-order valence-electron chi connectivity index (χ2n) is 5.74. The Morgan fingerprint density at radius 2 is 1.91 bits per heavy atom. The average molecular weight is 325 g/mol. The minimum atomic E-state index is -0.357. The van der Waals surface area contributed by atoms with Gasteiger partial charge in [0.2, 0.25) is 0 Å². The van der Waals surface area contributed by atoms with E-state index in [0.717, 1.165) is 23.5 Å². The minimum absolute atomic E-state index is 0.0244. The summed E-state index contributed by atoms with van der Waals surface area (Å²) in [7, 11) is 0. The number of likely N-dealkylation sites (tertiary alicyclic amines) is 1. The van der Waals surface area contributed by atoms with Crippen LogP contribution < -0.4 is 10.2 Å². The predicted octanol–water partition coefficient (Wildman–Crippen LogP) is 1.55. The molecule has 0 radical (unpaired) electrons. The molecule has 1 aromatic rings. The van der Waals surface area contributed by atoms with Crippen molar-refractivity contribution < 1.29 is 19.2 Å². The van der Waals surface area contributed by atoms with Crippen molar-refractivity contribution in [1.82, 2.24) is 0 Å². The molecule has 0 aromatic carbocycles. The second kappa shape index (κ2) is 7.74. The molecule has 0 bridgehead atoms. The van der Waals surface area contributed by atoms with Crippen molar-refractivity contribution in [3.63, 3.8) is 0 Å². The van der Waals surface area contributed by atoms with Crippen molar-refractivity contribution in [2.45, 2.75) is 40.0 Å². The van der Waals surface area contributed by atoms with E-state index in [1.54, 1.807) is 6.92 Å². The van der Waals surface area contributed by atoms with Crippen LogP contribution in [0.2, 0.25) is 0 Å². The number of hydrogen-bond donors (Lipinski definition) is 2. The number of aryl methyl sites for hydroxylation is 1. The van der Waals surface area contributed by atoms with Gasteiger partial charge in [0.15, 0.2) is 6.54 Å². The average Bonchev–Trinajstić information content (AvgIpc) is 2.74. The number of esters is 1. The number of rotatable bonds is 5. The molecule has 1 fully saturated rings. The summed E-state index contributed by atoms with van der Waals surface area (Å²) in [6, 6.07) is 0. The zero-order valence-corrected chi connectivity index (χ0v) is 14.4. The third-order valence-electron chi connectivity index (χ3n) is 4.09. The smallest absolute Gasteiger partial charge is 0.341 e. The van der Waals surface area contributed by atoms with Crippen LogP contribution in [0, 0.1) is 13.8 Å². The summed E-state index contributed by atoms with van der Waals surface area (Å²) in [4.78, 5) is 26.7. The van der Waals surface area contributed by atoms with Crippen LogP contribution >= 0.6 is 11.3 Å². The maximum Gasteiger partial charge on any atom is 0.341 e. The lowest BCUT2D eigenvalue weighted by Crippen LogP contribution is -3.13. The first-order valence-corrected chi connectivity index (χ1v) is 8.75. The van der Waals surface area contributed by atoms with Crippen LogP contribution in [-0.2, 0) is 9.53 Å². The van der Waals surface area contributed by atoms with Crippen molar-refractivity contribution in [1.29, 1.82) is 0 Å². The third kappa shape index (κ3) is 4.08. The van der Waals surface area contributed by atoms with Crippen molar-refractivity contribution in [3.8, 4) is 0 Å². The van der Waals surface area contributed by atoms with Crippen LogP contribution in [0.1, 0.15) is 47.0 Å². The molecular weight excluding hydrogens is 300 g/mol. The molecule has 1 aliphatic rings. The van der Waals surface area contributed by atoms with E-state index in [0.29, 0.717) is 23.7 Å². The molecule has 1 amide bonds. The number of ether oxygens (including phenoxy) is 1. The normalized spacial score (nSPS) is 15.6. The van der Waals surface area contributed by atoms with Gasteiger partial charge >= 0.3 is 5.97 Å². The van der Waals surface area contributed by atoms with Crippen molar-refractivity contribution in [3.05, 3.63) is 16.0 Å². The van der Waals surface area contributed by atoms with E-state index >= 15 is 0 Å². The molecule has 6 heteroatoms. The molecule has 2 heterocycles. The Balaban J connectivity index is 2.06. The molecular formula is C16H25N2O3S+. The Bertz CT molecular complexity index is 548. The number of carbonyl (C=O) groups is 2. The lowest BCUT2D eigenvalue weighted by Gasteiger charge is -2.22. The lowest BCUT2D eigenvalue weighted by molar-refractivity contribution is -0.896. The summed E-state index contributed by atoms with van der Waals surface area (Å²) in [5.41, 5.74) is 1.40. The van der Waals surface area contributed by atoms with Gasteiger partial charge in [-0.05, 0) is 45.6 Å². The van der Waals surface area contributed by atoms with Gasteiger partial charge in [0.1, 0.15) is 5.00 Å². The van der Waals surface area contributed by atoms with Gasteiger partial charge in [-0.3, -0.25) is 4.79 Å². The molecule has 0 spiro atoms. The Morgan fingerprint density at radius 3 is 2.55 bits per heavy atom. The Morgan fingerprint density at radius 1 is 1.23 bits per heavy atom. The van der Waals surface area contributed by atoms with Crippen LogP contribution in [-0.4, -0.2) is 38.1 Å². The summed E-state index contributed by atoms with van der Waals surface area (Å²) in [6.45, 7) is 8.54. The number of anilines is 1. The van der Waals surface area contributed by atoms with Gasteiger partial charge in [-0.15, -0.1) is 11.3 Å². The highest BCUT2D eigenvalue weighted by atomic mass is 32.1. The molecule has 0 saturated carbocycles. The lowest BCUT2D eigenvalue weighted by atomic mass is 10.1. The maximum atomic E-state index is 12.3. The van der Waals surface area contributed by atoms with Crippen molar-refractivity contribution in [2.75, 3.05) is 31.6 Å². The molecule has 2 N–H and O–H groups in total. The molecule has 5 nitrogen and oxygen atoms in total. The van der Waals surface area contributed by atoms with Gasteiger partial charge in [0.25, 0.3) is 5.91 Å². The predicted molar refractivity (Wildman–Crippen MR) is 87.8 cm³/mol. The zero-order valence-electron chi connectivity index (χ0n) is 13.6. The maximum absolute atomic E-state index is 12.3. The van der Waals surface area contributed by atoms with Crippen LogP contribution in [0.3, 0.4) is 0 Å². The van der Waals surface area contributed by atoms with Gasteiger partial charge in [-0.25, -0.2) is 4.79 Å². The van der Waals surface area contributed by atoms with Crippen molar-refractivity contribution in [2.24, 2.45) is 0 Å². The number of piperidine rings is 1. The standard InChI is InChI=1S/C16H24N2O3S/c1-4-21-16(20)14-11(2)12(3)22-15(14)17-13(19)10-18-8-6-5-7-9-18/h4-10H2,1-3H3,(H,17,19)/p+1. The summed E-state index contributed by atoms with van der Waals surface area (Å²) in [5.74, 6) is -0.381. The monoisotopic (exact) mass is 325 g/mol. The minimum Gasteiger partial charge on any atom is -0.462 e. The summed E-state index contributed by atoms with van der Waals surface area (Å²) >= 11 is 1.44. The van der Waals surface area contributed by atoms with Gasteiger partial charge in [0, 0.05) is 4.88 Å². The first-order chi connectivity index (χ1) is 10.5. The number of thiophene rings is 1. The zero-order chi connectivity index (χ0) is 16.1. The van der Waals surface area contributed by atoms with Gasteiger partial charge < -0.3 is 15.0 Å². The number of hydrogen-bond acceptors (Lipinski definition) is 4. The number of carbonyl (C=O) groups excluding carboxylic acids is 2. The molecule has 0 atom stereocenters. The number of nitrogens with one attached hydrogen (secondary N) is 2. The number of amides is 1. The van der Waals surface area contributed by atoms with E-state index in [1.807, 2.05) is 13.8 Å². The third-order valence-corrected chi connectivity index (χ3v) is 5.21. The molecule has 0 aliphatic carbocycles. The van der Waals surface area contributed by atoms with E-state index in [-0.39, 0.29) is 11.9 Å². The van der Waals surface area contributed by atoms with E-state index in [4.69, 9.17) is 4.74 Å². The Labute approximate surface area is 135 Å². The molecule has 22 heavy (non-hydrogen) atoms. The van der Waals surface area contributed by atoms with Gasteiger partial charge in [0.05, 0.1) is 25.3 Å². The van der Waals surface area contributed by atoms with E-state index in [9.17, 15) is 9.59 Å². The van der Waals surface area contributed by atoms with Crippen LogP contribution in [0.5, 0.6) is 0 Å². The highest BCUT2D eigenvalue weighted by molar-refractivity contribution is 7.16. The molecule has 122 valence electrons. The highest BCUT2D eigenvalue weighted by Gasteiger charge is 2.24. The van der Waals surface area contributed by atoms with Gasteiger partial charge in [-0.1, -0.05) is 0 Å². The SMILES string of the molecule is CCOC(=O)c1c(NC(=O)C[NH+]2CCCCC2)sc(C)c1C. The van der Waals surface area contributed by atoms with Crippen LogP contribution in [0.25, 0.3) is 0 Å². The fourth-order valence-electron chi connectivity index (χ4n) is 2.79. The molecule has 0 unspecified atom stereocenters. The fraction of sp³-hybridized carbons (Fsp3) is 0.625. The molecule has 1 saturated heterocycles. The van der Waals surface area contributed by atoms with E-state index < -0.39 is 0 Å². The quantitative estimate of drug-likeness (QED) is 0.808. The molecule has 1 aromatic heterocycles. The molecule has 2 rings (SSSR count). The summed E-state index contributed by atoms with van der Waals surface area (Å²) in [5, 5.41) is 3.54. The summed E-state index contributed by atoms with van der Waals surface area (Å²) in [6.07, 6.45) is 3.64. The van der Waals surface area contributed by atoms with E-state index in [2.05, 4.69) is 5.32 Å². The Kier molecular flexibility index (Phi) is 5.97. The largest absolute Gasteiger partial charge is 0.462 e. The molecule has 1 aliphatic heterocycles. The van der Waals surface area contributed by atoms with Crippen LogP contribution in [0.4, 0.5) is 5.00 Å². The second-order valence-corrected chi connectivity index (χ2v) is 6.97. The fourth-order valence-corrected chi connectivity index (χ4v) is 3.86. The Hall–Kier alpha value is -1.40. The van der Waals surface area contributed by atoms with E-state index in [1.165, 1.54) is 35.5 Å². The van der Waals surface area contributed by atoms with Gasteiger partial charge in [-0.2, -0.15) is 0 Å². The number of quaternary nitrogens is 1. The van der Waals surface area contributed by atoms with Crippen molar-refractivity contribution >= 4 is 28.2 Å². The topological polar surface area (TPSA) is 59.8 Å². The summed E-state index contributed by atoms with van der Waals surface area (Å²) < 4.78 is 5.11. The van der Waals surface area contributed by atoms with Crippen LogP contribution in [0.15, 0.2) is 0 Å². The first-order valence-electron chi connectivity index (χ1n) is 7.93. The highest BCUT2D eigenvalue weighted by Crippen LogP contribution is 2.32.